The van der Waals surface area contributed by atoms with Crippen LogP contribution in [0.1, 0.15) is 77.7 Å². The number of aliphatic hydroxyl groups excluding tert-OH is 3. The number of aliphatic carboxylic acids is 1. The summed E-state index contributed by atoms with van der Waals surface area (Å²) >= 11 is 0. The highest BCUT2D eigenvalue weighted by Gasteiger charge is 2.83. The first-order valence-electron chi connectivity index (χ1n) is 25.5. The summed E-state index contributed by atoms with van der Waals surface area (Å²) in [5.41, 5.74) is 4.30. The molecule has 4 heterocycles. The molecule has 76 heavy (non-hydrogen) atoms. The van der Waals surface area contributed by atoms with Gasteiger partial charge in [0.05, 0.1) is 69.4 Å². The van der Waals surface area contributed by atoms with Crippen LogP contribution in [0.3, 0.4) is 0 Å². The van der Waals surface area contributed by atoms with Gasteiger partial charge < -0.3 is 84.2 Å². The van der Waals surface area contributed by atoms with Crippen molar-refractivity contribution in [3.05, 3.63) is 59.7 Å². The predicted molar refractivity (Wildman–Crippen MR) is 260 cm³/mol. The smallest absolute Gasteiger partial charge is 0.335 e. The van der Waals surface area contributed by atoms with E-state index >= 15 is 0 Å². The van der Waals surface area contributed by atoms with Gasteiger partial charge in [0.1, 0.15) is 55.0 Å². The Morgan fingerprint density at radius 3 is 2.33 bits per heavy atom. The van der Waals surface area contributed by atoms with Crippen molar-refractivity contribution in [3.63, 3.8) is 0 Å². The monoisotopic (exact) mass is 1070 g/mol. The molecule has 0 unspecified atom stereocenters. The second-order valence-corrected chi connectivity index (χ2v) is 20.1. The van der Waals surface area contributed by atoms with Crippen molar-refractivity contribution < 1.29 is 101 Å². The van der Waals surface area contributed by atoms with E-state index in [0.29, 0.717) is 44.6 Å². The molecule has 6 aliphatic rings. The van der Waals surface area contributed by atoms with E-state index in [9.17, 15) is 54.0 Å². The number of carboxylic acid groups (broad SMARTS) is 1. The number of ether oxygens (including phenoxy) is 10. The summed E-state index contributed by atoms with van der Waals surface area (Å²) in [6, 6.07) is 2.95. The predicted octanol–water partition coefficient (Wildman–Crippen LogP) is 0.800. The summed E-state index contributed by atoms with van der Waals surface area (Å²) < 4.78 is 57.8. The van der Waals surface area contributed by atoms with Gasteiger partial charge in [0, 0.05) is 43.4 Å². The normalized spacial score (nSPS) is 34.1. The molecule has 7 rings (SSSR count). The number of epoxide rings is 1. The van der Waals surface area contributed by atoms with Gasteiger partial charge in [-0.25, -0.2) is 19.2 Å². The number of nitrogens with one attached hydrogen (secondary N) is 2. The average Bonchev–Trinajstić information content (AvgIpc) is 4.35. The summed E-state index contributed by atoms with van der Waals surface area (Å²) in [5.74, 6) is -6.26. The molecule has 13 atom stereocenters. The topological polar surface area (TPSA) is 346 Å². The molecule has 2 amide bonds. The average molecular weight is 1070 g/mol. The van der Waals surface area contributed by atoms with Crippen molar-refractivity contribution in [2.45, 2.75) is 139 Å². The van der Waals surface area contributed by atoms with Crippen molar-refractivity contribution >= 4 is 47.3 Å². The Balaban J connectivity index is 0.982. The van der Waals surface area contributed by atoms with E-state index in [-0.39, 0.29) is 89.3 Å². The molecule has 8 N–H and O–H groups in total. The van der Waals surface area contributed by atoms with Crippen LogP contribution in [0.2, 0.25) is 0 Å². The van der Waals surface area contributed by atoms with Crippen LogP contribution in [0.25, 0.3) is 0 Å². The number of allylic oxidation sites excluding steroid dienone is 3. The molecule has 0 aromatic heterocycles. The molecule has 1 aromatic carbocycles. The Hall–Kier alpha value is -5.83. The lowest BCUT2D eigenvalue weighted by Crippen LogP contribution is -2.67. The first kappa shape index (κ1) is 57.9. The van der Waals surface area contributed by atoms with Crippen LogP contribution in [0, 0.1) is 16.7 Å². The molecular formula is C52H69N3O21. The molecule has 24 nitrogen and oxygen atoms in total. The molecule has 4 fully saturated rings. The number of benzene rings is 1. The van der Waals surface area contributed by atoms with E-state index in [0.717, 1.165) is 11.6 Å². The molecule has 0 radical (unpaired) electrons. The standard InChI is InChI=1S/C52H69N3O21/c1-29-13-16-51-27-71-48(66)42(30(2)14-19-69-39(58)8-4-5-9-41(60)75-34-25-36(74-35(51)23-29)52(28-72-52)50(34,51)3)55-37(56)7-6-10-40(59)70-26-31-11-12-33(73-49-45(63)43(61)44(62)46(76-49)47(64)65)32(24-31)54-38(57)15-18-67-21-22-68-20-17-53/h4-5,8-9,11-12,23-24,30,34-36,42-46,49,61-63H,6-7,10,13-22,25-28,53H2,1-3H3,(H,54,57)(H,55,56)(H,64,65)/b8-4+,9-5-/t30-,34-,35-,36-,42-,43+,44+,45-,46+,49-,50-,51-,52+/m1/s1. The number of carboxylic acids is 1. The molecule has 2 aliphatic carbocycles. The first-order chi connectivity index (χ1) is 36.3. The molecule has 418 valence electrons. The lowest BCUT2D eigenvalue weighted by molar-refractivity contribution is -0.271. The minimum absolute atomic E-state index is 0.00190. The van der Waals surface area contributed by atoms with Gasteiger partial charge >= 0.3 is 29.8 Å². The Labute approximate surface area is 438 Å². The van der Waals surface area contributed by atoms with Crippen molar-refractivity contribution in [1.82, 2.24) is 5.32 Å². The van der Waals surface area contributed by atoms with E-state index < -0.39 is 113 Å². The van der Waals surface area contributed by atoms with Crippen molar-refractivity contribution in [2.75, 3.05) is 58.1 Å². The van der Waals surface area contributed by atoms with Gasteiger partial charge in [-0.15, -0.1) is 0 Å². The van der Waals surface area contributed by atoms with Gasteiger partial charge in [0.25, 0.3) is 0 Å². The van der Waals surface area contributed by atoms with Crippen molar-refractivity contribution in [2.24, 2.45) is 22.5 Å². The van der Waals surface area contributed by atoms with E-state index in [1.807, 2.05) is 19.9 Å². The van der Waals surface area contributed by atoms with Crippen LogP contribution < -0.4 is 21.1 Å². The molecule has 4 aliphatic heterocycles. The molecular weight excluding hydrogens is 1000 g/mol. The van der Waals surface area contributed by atoms with Crippen LogP contribution in [0.4, 0.5) is 5.69 Å². The van der Waals surface area contributed by atoms with Crippen LogP contribution in [0.15, 0.2) is 54.2 Å². The Morgan fingerprint density at radius 2 is 1.61 bits per heavy atom. The highest BCUT2D eigenvalue weighted by molar-refractivity contribution is 5.92. The lowest BCUT2D eigenvalue weighted by atomic mass is 9.51. The fraction of sp³-hybridized carbons (Fsp3) is 0.635. The van der Waals surface area contributed by atoms with Crippen LogP contribution in [-0.4, -0.2) is 176 Å². The summed E-state index contributed by atoms with van der Waals surface area (Å²) in [6.45, 7) is 6.66. The van der Waals surface area contributed by atoms with Gasteiger partial charge in [-0.1, -0.05) is 43.7 Å². The Morgan fingerprint density at radius 1 is 0.868 bits per heavy atom. The van der Waals surface area contributed by atoms with Crippen LogP contribution >= 0.6 is 0 Å². The minimum atomic E-state index is -1.98. The van der Waals surface area contributed by atoms with Gasteiger partial charge in [-0.2, -0.15) is 0 Å². The van der Waals surface area contributed by atoms with Crippen LogP contribution in [0.5, 0.6) is 5.75 Å². The fourth-order valence-corrected chi connectivity index (χ4v) is 10.7. The van der Waals surface area contributed by atoms with Gasteiger partial charge in [-0.3, -0.25) is 14.4 Å². The number of cyclic esters (lactones) is 2. The number of carbonyl (C=O) groups is 7. The maximum absolute atomic E-state index is 14.3. The largest absolute Gasteiger partial charge is 0.479 e. The number of aliphatic hydroxyl groups is 3. The highest BCUT2D eigenvalue weighted by atomic mass is 16.7. The number of rotatable bonds is 19. The lowest BCUT2D eigenvalue weighted by Gasteiger charge is -2.58. The fourth-order valence-electron chi connectivity index (χ4n) is 10.7. The second-order valence-electron chi connectivity index (χ2n) is 20.1. The molecule has 2 spiro atoms. The number of carbonyl (C=O) groups excluding carboxylic acids is 6. The third-order valence-electron chi connectivity index (χ3n) is 15.1. The summed E-state index contributed by atoms with van der Waals surface area (Å²) in [5, 5.41) is 46.0. The molecule has 2 bridgehead atoms. The Kier molecular flexibility index (Phi) is 19.5. The number of hydrogen-bond acceptors (Lipinski definition) is 21. The van der Waals surface area contributed by atoms with Gasteiger partial charge in [0.15, 0.2) is 6.10 Å². The van der Waals surface area contributed by atoms with Gasteiger partial charge in [0.2, 0.25) is 18.1 Å². The van der Waals surface area contributed by atoms with Crippen LogP contribution in [-0.2, 0) is 82.8 Å². The molecule has 1 saturated carbocycles. The maximum Gasteiger partial charge on any atom is 0.335 e. The maximum atomic E-state index is 14.3. The number of esters is 4. The number of amides is 2. The zero-order valence-corrected chi connectivity index (χ0v) is 42.7. The summed E-state index contributed by atoms with van der Waals surface area (Å²) in [6.07, 6.45) is -2.86. The van der Waals surface area contributed by atoms with Crippen molar-refractivity contribution in [1.29, 1.82) is 0 Å². The van der Waals surface area contributed by atoms with E-state index in [1.165, 1.54) is 36.4 Å². The van der Waals surface area contributed by atoms with Crippen molar-refractivity contribution in [3.8, 4) is 5.75 Å². The third kappa shape index (κ3) is 13.1. The van der Waals surface area contributed by atoms with E-state index in [4.69, 9.17) is 53.1 Å². The summed E-state index contributed by atoms with van der Waals surface area (Å²) in [7, 11) is 0. The zero-order chi connectivity index (χ0) is 54.8. The number of nitrogens with two attached hydrogens (primary N) is 1. The third-order valence-corrected chi connectivity index (χ3v) is 15.1. The summed E-state index contributed by atoms with van der Waals surface area (Å²) in [4.78, 5) is 91.4. The molecule has 3 saturated heterocycles. The first-order valence-corrected chi connectivity index (χ1v) is 25.5. The molecule has 24 heteroatoms. The zero-order valence-electron chi connectivity index (χ0n) is 42.7. The quantitative estimate of drug-likeness (QED) is 0.0331. The highest BCUT2D eigenvalue weighted by Crippen LogP contribution is 2.72. The van der Waals surface area contributed by atoms with E-state index in [1.54, 1.807) is 6.92 Å². The molecule has 1 aromatic rings. The number of hydrogen-bond donors (Lipinski definition) is 7. The van der Waals surface area contributed by atoms with E-state index in [2.05, 4.69) is 10.6 Å². The second kappa shape index (κ2) is 25.5. The minimum Gasteiger partial charge on any atom is -0.479 e. The SMILES string of the molecule is CC1=C[C@H]2O[C@@H]3C[C@H]4OC(=O)/C=C\C=C\C(=O)OCC[C@@H](C)[C@@H](NC(=O)CCCC(=O)OCc5ccc(O[C@@H]6O[C@H](C(=O)O)[C@@H](O)[C@H](O)[C@H]6O)c(NC(=O)CCOCCOCCN)c5)C(=O)OC[C@@]2(CC1)[C@]4(C)[C@]31CO1. The van der Waals surface area contributed by atoms with Gasteiger partial charge in [-0.05, 0) is 56.2 Å². The Bertz CT molecular complexity index is 2390. The number of anilines is 1.